The van der Waals surface area contributed by atoms with Gasteiger partial charge in [0, 0.05) is 18.8 Å². The highest BCUT2D eigenvalue weighted by molar-refractivity contribution is 7.14. The molecular weight excluding hydrogens is 386 g/mol. The van der Waals surface area contributed by atoms with Crippen molar-refractivity contribution in [3.63, 3.8) is 0 Å². The van der Waals surface area contributed by atoms with Crippen LogP contribution in [-0.2, 0) is 27.3 Å². The molecule has 156 valence electrons. The minimum absolute atomic E-state index is 0.0610. The first-order valence-corrected chi connectivity index (χ1v) is 11.2. The third-order valence-electron chi connectivity index (χ3n) is 5.20. The molecule has 2 heterocycles. The highest BCUT2D eigenvalue weighted by atomic mass is 32.1. The van der Waals surface area contributed by atoms with Gasteiger partial charge >= 0.3 is 5.97 Å². The van der Waals surface area contributed by atoms with Crippen molar-refractivity contribution < 1.29 is 14.3 Å². The number of piperidine rings is 1. The number of aromatic nitrogens is 1. The summed E-state index contributed by atoms with van der Waals surface area (Å²) in [4.78, 5) is 33.4. The third kappa shape index (κ3) is 5.03. The van der Waals surface area contributed by atoms with Crippen molar-refractivity contribution in [2.24, 2.45) is 0 Å². The zero-order valence-corrected chi connectivity index (χ0v) is 18.2. The van der Waals surface area contributed by atoms with Gasteiger partial charge in [0.1, 0.15) is 6.04 Å². The fourth-order valence-electron chi connectivity index (χ4n) is 3.80. The maximum absolute atomic E-state index is 12.4. The number of anilines is 2. The van der Waals surface area contributed by atoms with Crippen molar-refractivity contribution in [3.8, 4) is 0 Å². The Morgan fingerprint density at radius 1 is 1.28 bits per heavy atom. The molecule has 6 nitrogen and oxygen atoms in total. The summed E-state index contributed by atoms with van der Waals surface area (Å²) < 4.78 is 5.26. The van der Waals surface area contributed by atoms with Gasteiger partial charge in [-0.15, -0.1) is 11.3 Å². The molecule has 1 aliphatic rings. The number of ether oxygens (including phenoxy) is 1. The first-order chi connectivity index (χ1) is 14.0. The second-order valence-electron chi connectivity index (χ2n) is 7.19. The van der Waals surface area contributed by atoms with Crippen LogP contribution in [-0.4, -0.2) is 41.0 Å². The highest BCUT2D eigenvalue weighted by Crippen LogP contribution is 2.32. The number of carbonyl (C=O) groups is 2. The summed E-state index contributed by atoms with van der Waals surface area (Å²) in [5.41, 5.74) is 2.87. The number of esters is 1. The summed E-state index contributed by atoms with van der Waals surface area (Å²) >= 11 is 1.46. The first-order valence-electron chi connectivity index (χ1n) is 10.3. The van der Waals surface area contributed by atoms with E-state index in [2.05, 4.69) is 11.8 Å². The summed E-state index contributed by atoms with van der Waals surface area (Å²) in [5, 5.41) is 2.65. The Kier molecular flexibility index (Phi) is 7.39. The number of hydrogen-bond acceptors (Lipinski definition) is 6. The molecule has 1 aromatic heterocycles. The van der Waals surface area contributed by atoms with Crippen molar-refractivity contribution in [3.05, 3.63) is 40.9 Å². The fraction of sp³-hybridized carbons (Fsp3) is 0.500. The molecule has 0 saturated carbocycles. The van der Waals surface area contributed by atoms with Gasteiger partial charge in [0.2, 0.25) is 5.91 Å². The number of thiazole rings is 1. The van der Waals surface area contributed by atoms with Crippen LogP contribution in [0.15, 0.2) is 29.6 Å². The second-order valence-corrected chi connectivity index (χ2v) is 8.03. The molecule has 0 aliphatic carbocycles. The second kappa shape index (κ2) is 9.98. The average Bonchev–Trinajstić information content (AvgIpc) is 3.16. The molecule has 29 heavy (non-hydrogen) atoms. The number of rotatable bonds is 7. The Labute approximate surface area is 176 Å². The van der Waals surface area contributed by atoms with Gasteiger partial charge in [0.05, 0.1) is 18.0 Å². The summed E-state index contributed by atoms with van der Waals surface area (Å²) in [5.74, 6) is -0.209. The molecule has 1 saturated heterocycles. The number of likely N-dealkylation sites (tertiary alicyclic amines) is 1. The normalized spacial score (nSPS) is 17.1. The van der Waals surface area contributed by atoms with Crippen molar-refractivity contribution >= 4 is 34.0 Å². The smallest absolute Gasteiger partial charge is 0.323 e. The fourth-order valence-corrected chi connectivity index (χ4v) is 4.67. The lowest BCUT2D eigenvalue weighted by molar-refractivity contribution is -0.151. The number of hydrogen-bond donors (Lipinski definition) is 0. The van der Waals surface area contributed by atoms with E-state index < -0.39 is 0 Å². The predicted octanol–water partition coefficient (Wildman–Crippen LogP) is 4.31. The molecular formula is C22H29N3O3S. The summed E-state index contributed by atoms with van der Waals surface area (Å²) in [6.45, 7) is 7.31. The molecule has 7 heteroatoms. The monoisotopic (exact) mass is 415 g/mol. The van der Waals surface area contributed by atoms with E-state index in [0.29, 0.717) is 18.3 Å². The van der Waals surface area contributed by atoms with Gasteiger partial charge < -0.3 is 4.74 Å². The van der Waals surface area contributed by atoms with Crippen molar-refractivity contribution in [1.82, 2.24) is 9.88 Å². The Balaban J connectivity index is 1.81. The van der Waals surface area contributed by atoms with E-state index in [-0.39, 0.29) is 17.9 Å². The maximum atomic E-state index is 12.4. The number of amides is 1. The lowest BCUT2D eigenvalue weighted by Gasteiger charge is -2.33. The molecule has 0 bridgehead atoms. The molecule has 3 rings (SSSR count). The quantitative estimate of drug-likeness (QED) is 0.631. The lowest BCUT2D eigenvalue weighted by atomic mass is 10.0. The van der Waals surface area contributed by atoms with E-state index in [9.17, 15) is 9.59 Å². The van der Waals surface area contributed by atoms with E-state index in [1.165, 1.54) is 11.3 Å². The Hall–Kier alpha value is -2.25. The Morgan fingerprint density at radius 2 is 2.07 bits per heavy atom. The van der Waals surface area contributed by atoms with Crippen LogP contribution in [0, 0.1) is 0 Å². The molecule has 0 spiro atoms. The van der Waals surface area contributed by atoms with Crippen LogP contribution in [0.4, 0.5) is 10.8 Å². The molecule has 1 aromatic carbocycles. The van der Waals surface area contributed by atoms with Crippen LogP contribution in [0.5, 0.6) is 0 Å². The Bertz CT molecular complexity index is 851. The number of carbonyl (C=O) groups excluding carboxylic acids is 2. The molecule has 1 aliphatic heterocycles. The van der Waals surface area contributed by atoms with Gasteiger partial charge in [0.25, 0.3) is 0 Å². The zero-order chi connectivity index (χ0) is 20.8. The third-order valence-corrected chi connectivity index (χ3v) is 6.07. The standard InChI is InChI=1S/C22H29N3O3S/c1-4-17-10-6-7-11-19(17)25(16(3)26)22-23-18(15-29-22)14-24-13-9-8-12-20(24)21(27)28-5-2/h6-7,10-11,15,20H,4-5,8-9,12-14H2,1-3H3. The van der Waals surface area contributed by atoms with Gasteiger partial charge in [-0.3, -0.25) is 19.4 Å². The first kappa shape index (κ1) is 21.5. The van der Waals surface area contributed by atoms with E-state index in [0.717, 1.165) is 49.2 Å². The Morgan fingerprint density at radius 3 is 2.79 bits per heavy atom. The zero-order valence-electron chi connectivity index (χ0n) is 17.4. The van der Waals surface area contributed by atoms with Crippen LogP contribution in [0.25, 0.3) is 0 Å². The number of para-hydroxylation sites is 1. The summed E-state index contributed by atoms with van der Waals surface area (Å²) in [6.07, 6.45) is 3.76. The van der Waals surface area contributed by atoms with Crippen LogP contribution in [0.2, 0.25) is 0 Å². The molecule has 2 aromatic rings. The molecule has 1 atom stereocenters. The minimum Gasteiger partial charge on any atom is -0.465 e. The van der Waals surface area contributed by atoms with E-state index in [4.69, 9.17) is 9.72 Å². The van der Waals surface area contributed by atoms with E-state index in [1.807, 2.05) is 36.6 Å². The SMILES string of the molecule is CCOC(=O)C1CCCCN1Cc1csc(N(C(C)=O)c2ccccc2CC)n1. The predicted molar refractivity (Wildman–Crippen MR) is 115 cm³/mol. The van der Waals surface area contributed by atoms with Gasteiger partial charge in [-0.1, -0.05) is 31.5 Å². The number of nitrogens with zero attached hydrogens (tertiary/aromatic N) is 3. The van der Waals surface area contributed by atoms with Crippen LogP contribution in [0.1, 0.15) is 51.3 Å². The maximum Gasteiger partial charge on any atom is 0.323 e. The van der Waals surface area contributed by atoms with Crippen molar-refractivity contribution in [1.29, 1.82) is 0 Å². The molecule has 0 N–H and O–H groups in total. The molecule has 0 radical (unpaired) electrons. The highest BCUT2D eigenvalue weighted by Gasteiger charge is 2.30. The van der Waals surface area contributed by atoms with Crippen LogP contribution >= 0.6 is 11.3 Å². The largest absolute Gasteiger partial charge is 0.465 e. The lowest BCUT2D eigenvalue weighted by Crippen LogP contribution is -2.45. The van der Waals surface area contributed by atoms with E-state index >= 15 is 0 Å². The number of aryl methyl sites for hydroxylation is 1. The summed E-state index contributed by atoms with van der Waals surface area (Å²) in [7, 11) is 0. The minimum atomic E-state index is -0.210. The van der Waals surface area contributed by atoms with Gasteiger partial charge in [-0.2, -0.15) is 0 Å². The van der Waals surface area contributed by atoms with Crippen molar-refractivity contribution in [2.75, 3.05) is 18.1 Å². The van der Waals surface area contributed by atoms with Gasteiger partial charge in [0.15, 0.2) is 5.13 Å². The molecule has 1 fully saturated rings. The van der Waals surface area contributed by atoms with Gasteiger partial charge in [-0.05, 0) is 44.4 Å². The summed E-state index contributed by atoms with van der Waals surface area (Å²) in [6, 6.07) is 7.72. The number of benzene rings is 1. The van der Waals surface area contributed by atoms with Crippen LogP contribution < -0.4 is 4.90 Å². The van der Waals surface area contributed by atoms with Crippen LogP contribution in [0.3, 0.4) is 0 Å². The van der Waals surface area contributed by atoms with E-state index in [1.54, 1.807) is 11.8 Å². The molecule has 1 unspecified atom stereocenters. The van der Waals surface area contributed by atoms with Crippen molar-refractivity contribution in [2.45, 2.75) is 59.0 Å². The average molecular weight is 416 g/mol. The topological polar surface area (TPSA) is 62.7 Å². The van der Waals surface area contributed by atoms with Gasteiger partial charge in [-0.25, -0.2) is 4.98 Å². The molecule has 1 amide bonds.